The molecule has 0 unspecified atom stereocenters. The third-order valence-electron chi connectivity index (χ3n) is 3.39. The zero-order chi connectivity index (χ0) is 15.1. The van der Waals surface area contributed by atoms with Gasteiger partial charge in [0.1, 0.15) is 18.0 Å². The summed E-state index contributed by atoms with van der Waals surface area (Å²) in [6, 6.07) is 7.61. The molecule has 0 spiro atoms. The van der Waals surface area contributed by atoms with E-state index < -0.39 is 6.29 Å². The van der Waals surface area contributed by atoms with Crippen molar-refractivity contribution in [3.63, 3.8) is 0 Å². The van der Waals surface area contributed by atoms with Crippen LogP contribution < -0.4 is 4.74 Å². The summed E-state index contributed by atoms with van der Waals surface area (Å²) in [7, 11) is 1.63. The van der Waals surface area contributed by atoms with Crippen LogP contribution in [0.4, 0.5) is 0 Å². The van der Waals surface area contributed by atoms with Crippen LogP contribution in [0.25, 0.3) is 0 Å². The van der Waals surface area contributed by atoms with Crippen molar-refractivity contribution in [2.24, 2.45) is 0 Å². The van der Waals surface area contributed by atoms with E-state index >= 15 is 0 Å². The van der Waals surface area contributed by atoms with Gasteiger partial charge in [-0.3, -0.25) is 0 Å². The largest absolute Gasteiger partial charge is 0.497 e. The van der Waals surface area contributed by atoms with E-state index in [-0.39, 0.29) is 12.2 Å². The van der Waals surface area contributed by atoms with Gasteiger partial charge in [0.25, 0.3) is 0 Å². The second-order valence-electron chi connectivity index (χ2n) is 4.75. The lowest BCUT2D eigenvalue weighted by Gasteiger charge is -2.35. The standard InChI is InChI=1S/C17H20O4/c1-4-6-7-15-16(19-5-2)12-20-17(21-15)13-8-10-14(18-3)11-9-13/h2,4,8-11,15-17H,1,6-7,12H2,3H3/t15-,16+,17+/m0/s1. The zero-order valence-electron chi connectivity index (χ0n) is 12.2. The highest BCUT2D eigenvalue weighted by molar-refractivity contribution is 5.28. The lowest BCUT2D eigenvalue weighted by Crippen LogP contribution is -2.41. The van der Waals surface area contributed by atoms with E-state index in [1.807, 2.05) is 30.3 Å². The predicted molar refractivity (Wildman–Crippen MR) is 79.7 cm³/mol. The third kappa shape index (κ3) is 4.01. The second-order valence-corrected chi connectivity index (χ2v) is 4.75. The second kappa shape index (κ2) is 7.72. The fraction of sp³-hybridized carbons (Fsp3) is 0.412. The number of terminal acetylenes is 1. The predicted octanol–water partition coefficient (Wildman–Crippen LogP) is 3.05. The molecule has 0 radical (unpaired) electrons. The van der Waals surface area contributed by atoms with Gasteiger partial charge >= 0.3 is 0 Å². The first-order chi connectivity index (χ1) is 10.3. The van der Waals surface area contributed by atoms with Crippen LogP contribution in [-0.4, -0.2) is 25.9 Å². The Kier molecular flexibility index (Phi) is 5.68. The number of hydrogen-bond acceptors (Lipinski definition) is 4. The van der Waals surface area contributed by atoms with E-state index in [2.05, 4.69) is 12.7 Å². The molecule has 1 heterocycles. The number of ether oxygens (including phenoxy) is 4. The van der Waals surface area contributed by atoms with Crippen molar-refractivity contribution >= 4 is 0 Å². The van der Waals surface area contributed by atoms with Crippen LogP contribution >= 0.6 is 0 Å². The van der Waals surface area contributed by atoms with Gasteiger partial charge in [0, 0.05) is 5.56 Å². The van der Waals surface area contributed by atoms with E-state index in [1.165, 1.54) is 0 Å². The van der Waals surface area contributed by atoms with Gasteiger partial charge in [-0.2, -0.15) is 0 Å². The third-order valence-corrected chi connectivity index (χ3v) is 3.39. The molecule has 1 aromatic rings. The van der Waals surface area contributed by atoms with Crippen molar-refractivity contribution in [3.05, 3.63) is 42.5 Å². The van der Waals surface area contributed by atoms with Crippen molar-refractivity contribution in [3.8, 4) is 18.3 Å². The summed E-state index contributed by atoms with van der Waals surface area (Å²) < 4.78 is 22.1. The lowest BCUT2D eigenvalue weighted by atomic mass is 10.1. The molecule has 1 aliphatic rings. The van der Waals surface area contributed by atoms with Gasteiger partial charge in [-0.15, -0.1) is 6.58 Å². The highest BCUT2D eigenvalue weighted by Gasteiger charge is 2.33. The molecular formula is C17H20O4. The Balaban J connectivity index is 2.04. The molecule has 2 rings (SSSR count). The van der Waals surface area contributed by atoms with Crippen LogP contribution in [0.2, 0.25) is 0 Å². The van der Waals surface area contributed by atoms with Gasteiger partial charge in [-0.05, 0) is 25.0 Å². The van der Waals surface area contributed by atoms with Gasteiger partial charge in [0.15, 0.2) is 12.4 Å². The van der Waals surface area contributed by atoms with Crippen LogP contribution in [0.15, 0.2) is 36.9 Å². The Morgan fingerprint density at radius 2 is 2.19 bits per heavy atom. The molecule has 0 bridgehead atoms. The molecule has 0 saturated carbocycles. The first-order valence-electron chi connectivity index (χ1n) is 6.91. The summed E-state index contributed by atoms with van der Waals surface area (Å²) in [4.78, 5) is 0. The maximum Gasteiger partial charge on any atom is 0.184 e. The summed E-state index contributed by atoms with van der Waals surface area (Å²) >= 11 is 0. The van der Waals surface area contributed by atoms with Crippen molar-refractivity contribution in [2.75, 3.05) is 13.7 Å². The summed E-state index contributed by atoms with van der Waals surface area (Å²) in [6.45, 7) is 4.14. The summed E-state index contributed by atoms with van der Waals surface area (Å²) in [5, 5.41) is 0. The zero-order valence-corrected chi connectivity index (χ0v) is 12.2. The Bertz CT molecular complexity index is 489. The molecule has 1 fully saturated rings. The van der Waals surface area contributed by atoms with Crippen LogP contribution in [0.1, 0.15) is 24.7 Å². The number of benzene rings is 1. The van der Waals surface area contributed by atoms with Gasteiger partial charge in [-0.25, -0.2) is 0 Å². The number of hydrogen-bond donors (Lipinski definition) is 0. The fourth-order valence-electron chi connectivity index (χ4n) is 2.24. The Morgan fingerprint density at radius 1 is 1.43 bits per heavy atom. The first kappa shape index (κ1) is 15.4. The molecule has 3 atom stereocenters. The van der Waals surface area contributed by atoms with Crippen LogP contribution in [0.3, 0.4) is 0 Å². The summed E-state index contributed by atoms with van der Waals surface area (Å²) in [6.07, 6.45) is 10.1. The molecule has 0 amide bonds. The van der Waals surface area contributed by atoms with Crippen LogP contribution in [0, 0.1) is 12.5 Å². The Hall–Kier alpha value is -1.96. The molecule has 4 heteroatoms. The Morgan fingerprint density at radius 3 is 2.81 bits per heavy atom. The molecule has 21 heavy (non-hydrogen) atoms. The molecule has 1 aromatic carbocycles. The molecule has 112 valence electrons. The highest BCUT2D eigenvalue weighted by atomic mass is 16.7. The van der Waals surface area contributed by atoms with E-state index in [1.54, 1.807) is 7.11 Å². The van der Waals surface area contributed by atoms with Crippen LogP contribution in [-0.2, 0) is 14.2 Å². The Labute approximate surface area is 125 Å². The highest BCUT2D eigenvalue weighted by Crippen LogP contribution is 2.30. The van der Waals surface area contributed by atoms with E-state index in [9.17, 15) is 0 Å². The average Bonchev–Trinajstić information content (AvgIpc) is 2.54. The quantitative estimate of drug-likeness (QED) is 0.595. The average molecular weight is 288 g/mol. The molecular weight excluding hydrogens is 268 g/mol. The van der Waals surface area contributed by atoms with Crippen molar-refractivity contribution in [1.82, 2.24) is 0 Å². The van der Waals surface area contributed by atoms with Gasteiger partial charge in [0.2, 0.25) is 0 Å². The van der Waals surface area contributed by atoms with Gasteiger partial charge in [0.05, 0.1) is 13.7 Å². The van der Waals surface area contributed by atoms with Crippen molar-refractivity contribution in [1.29, 1.82) is 0 Å². The van der Waals surface area contributed by atoms with Gasteiger partial charge in [-0.1, -0.05) is 24.6 Å². The molecule has 1 aliphatic heterocycles. The molecule has 0 aliphatic carbocycles. The smallest absolute Gasteiger partial charge is 0.184 e. The normalized spacial score (nSPS) is 24.9. The summed E-state index contributed by atoms with van der Waals surface area (Å²) in [5.41, 5.74) is 0.943. The molecule has 0 N–H and O–H groups in total. The summed E-state index contributed by atoms with van der Waals surface area (Å²) in [5.74, 6) is 0.798. The SMILES string of the molecule is C#CO[C@@H]1CO[C@@H](c2ccc(OC)cc2)O[C@H]1CCC=C. The van der Waals surface area contributed by atoms with E-state index in [0.29, 0.717) is 6.61 Å². The maximum absolute atomic E-state index is 5.98. The fourth-order valence-corrected chi connectivity index (χ4v) is 2.24. The number of allylic oxidation sites excluding steroid dienone is 1. The van der Waals surface area contributed by atoms with Gasteiger partial charge < -0.3 is 18.9 Å². The first-order valence-corrected chi connectivity index (χ1v) is 6.91. The topological polar surface area (TPSA) is 36.9 Å². The molecule has 0 aromatic heterocycles. The van der Waals surface area contributed by atoms with Crippen molar-refractivity contribution in [2.45, 2.75) is 31.3 Å². The number of rotatable bonds is 6. The minimum absolute atomic E-state index is 0.111. The minimum Gasteiger partial charge on any atom is -0.497 e. The molecule has 4 nitrogen and oxygen atoms in total. The van der Waals surface area contributed by atoms with E-state index in [4.69, 9.17) is 25.4 Å². The van der Waals surface area contributed by atoms with E-state index in [0.717, 1.165) is 24.2 Å². The number of methoxy groups -OCH3 is 1. The molecule has 1 saturated heterocycles. The minimum atomic E-state index is -0.414. The van der Waals surface area contributed by atoms with Crippen molar-refractivity contribution < 1.29 is 18.9 Å². The lowest BCUT2D eigenvalue weighted by molar-refractivity contribution is -0.256. The maximum atomic E-state index is 5.98. The van der Waals surface area contributed by atoms with Crippen LogP contribution in [0.5, 0.6) is 5.75 Å². The monoisotopic (exact) mass is 288 g/mol.